The largest absolute Gasteiger partial charge is 0.394 e. The first-order valence-corrected chi connectivity index (χ1v) is 17.3. The van der Waals surface area contributed by atoms with Gasteiger partial charge in [-0.1, -0.05) is 0 Å². The van der Waals surface area contributed by atoms with E-state index in [4.69, 9.17) is 42.6 Å². The molecule has 0 radical (unpaired) electrons. The number of ether oxygens (including phenoxy) is 9. The van der Waals surface area contributed by atoms with E-state index in [-0.39, 0.29) is 0 Å². The van der Waals surface area contributed by atoms with Crippen LogP contribution in [0.15, 0.2) is 0 Å². The summed E-state index contributed by atoms with van der Waals surface area (Å²) in [5, 5.41) is 157. The van der Waals surface area contributed by atoms with Crippen molar-refractivity contribution in [2.75, 3.05) is 19.8 Å². The van der Waals surface area contributed by atoms with Crippen LogP contribution < -0.4 is 0 Å². The fourth-order valence-electron chi connectivity index (χ4n) is 6.88. The van der Waals surface area contributed by atoms with Gasteiger partial charge in [0.1, 0.15) is 110 Å². The van der Waals surface area contributed by atoms with E-state index < -0.39 is 173 Å². The fraction of sp³-hybridized carbons (Fsp3) is 1.00. The molecule has 54 heavy (non-hydrogen) atoms. The molecule has 5 saturated heterocycles. The minimum Gasteiger partial charge on any atom is -0.394 e. The minimum absolute atomic E-state index is 0.875. The number of hydrogen-bond donors (Lipinski definition) is 15. The topological polar surface area (TPSA) is 387 Å². The second-order valence-corrected chi connectivity index (χ2v) is 13.9. The van der Waals surface area contributed by atoms with Crippen molar-refractivity contribution in [2.24, 2.45) is 0 Å². The van der Waals surface area contributed by atoms with Crippen molar-refractivity contribution < 1.29 is 119 Å². The van der Waals surface area contributed by atoms with Crippen molar-refractivity contribution >= 4 is 0 Å². The van der Waals surface area contributed by atoms with Gasteiger partial charge in [0.15, 0.2) is 31.5 Å². The summed E-state index contributed by atoms with van der Waals surface area (Å²) in [6, 6.07) is 0. The quantitative estimate of drug-likeness (QED) is 0.0923. The van der Waals surface area contributed by atoms with E-state index in [1.807, 2.05) is 0 Å². The average Bonchev–Trinajstić information content (AvgIpc) is 3.15. The van der Waals surface area contributed by atoms with Gasteiger partial charge < -0.3 is 119 Å². The van der Waals surface area contributed by atoms with Gasteiger partial charge in [0.05, 0.1) is 32.0 Å². The summed E-state index contributed by atoms with van der Waals surface area (Å²) >= 11 is 0. The van der Waals surface area contributed by atoms with Gasteiger partial charge in [0, 0.05) is 0 Å². The zero-order valence-electron chi connectivity index (χ0n) is 28.9. The Morgan fingerprint density at radius 3 is 1.19 bits per heavy atom. The van der Waals surface area contributed by atoms with Crippen LogP contribution in [0.2, 0.25) is 0 Å². The lowest BCUT2D eigenvalue weighted by Gasteiger charge is -2.51. The van der Waals surface area contributed by atoms with Crippen LogP contribution in [-0.2, 0) is 42.6 Å². The van der Waals surface area contributed by atoms with Crippen molar-refractivity contribution in [3.63, 3.8) is 0 Å². The first-order chi connectivity index (χ1) is 25.4. The van der Waals surface area contributed by atoms with Crippen molar-refractivity contribution in [2.45, 2.75) is 167 Å². The highest BCUT2D eigenvalue weighted by Crippen LogP contribution is 2.37. The third kappa shape index (κ3) is 8.72. The number of hydrogen-bond acceptors (Lipinski definition) is 24. The van der Waals surface area contributed by atoms with Gasteiger partial charge in [0.2, 0.25) is 0 Å². The summed E-state index contributed by atoms with van der Waals surface area (Å²) in [7, 11) is 0. The third-order valence-electron chi connectivity index (χ3n) is 10.2. The van der Waals surface area contributed by atoms with E-state index in [1.165, 1.54) is 13.8 Å². The van der Waals surface area contributed by atoms with Crippen molar-refractivity contribution in [3.8, 4) is 0 Å². The van der Waals surface area contributed by atoms with E-state index in [9.17, 15) is 76.6 Å². The SMILES string of the molecule is C[C@@H]1O[C@@H](O[C@@H]2[C@@H](O)[C@H](O)O[C@H](CO)[C@H]2O[C@@H]2O[C@H](CO)[C@H](O)[C@H](O[C@H]3O[C@H](CO)[C@H](O)[C@H](O)[C@H]3O)[C@H]2O[C@@H]2O[C@@H](C)[C@@H](O)[C@@H](O)[C@@H]2O)[C@@H](O)[C@H](O)[C@@H]1O. The van der Waals surface area contributed by atoms with E-state index in [1.54, 1.807) is 0 Å². The van der Waals surface area contributed by atoms with E-state index >= 15 is 0 Å². The molecule has 316 valence electrons. The molecule has 0 saturated carbocycles. The number of aliphatic hydroxyl groups is 15. The van der Waals surface area contributed by atoms with Crippen LogP contribution >= 0.6 is 0 Å². The van der Waals surface area contributed by atoms with Gasteiger partial charge in [-0.25, -0.2) is 0 Å². The lowest BCUT2D eigenvalue weighted by molar-refractivity contribution is -0.411. The molecule has 0 aromatic heterocycles. The molecule has 0 aliphatic carbocycles. The monoisotopic (exact) mass is 796 g/mol. The lowest BCUT2D eigenvalue weighted by atomic mass is 9.95. The predicted octanol–water partition coefficient (Wildman–Crippen LogP) is -9.87. The summed E-state index contributed by atoms with van der Waals surface area (Å²) < 4.78 is 51.3. The zero-order valence-corrected chi connectivity index (χ0v) is 28.9. The fourth-order valence-corrected chi connectivity index (χ4v) is 6.88. The highest BCUT2D eigenvalue weighted by atomic mass is 16.8. The Labute approximate surface area is 306 Å². The molecule has 24 heteroatoms. The second kappa shape index (κ2) is 18.3. The highest BCUT2D eigenvalue weighted by molar-refractivity contribution is 4.99. The zero-order chi connectivity index (χ0) is 39.9. The van der Waals surface area contributed by atoms with Crippen LogP contribution in [0.4, 0.5) is 0 Å². The molecule has 0 aromatic rings. The maximum Gasteiger partial charge on any atom is 0.187 e. The van der Waals surface area contributed by atoms with Crippen LogP contribution in [0.1, 0.15) is 13.8 Å². The second-order valence-electron chi connectivity index (χ2n) is 13.9. The molecule has 5 aliphatic heterocycles. The van der Waals surface area contributed by atoms with Crippen molar-refractivity contribution in [1.29, 1.82) is 0 Å². The summed E-state index contributed by atoms with van der Waals surface area (Å²) in [6.07, 6.45) is -45.0. The molecule has 0 aromatic carbocycles. The van der Waals surface area contributed by atoms with Gasteiger partial charge in [-0.15, -0.1) is 0 Å². The highest BCUT2D eigenvalue weighted by Gasteiger charge is 2.57. The maximum absolute atomic E-state index is 11.4. The smallest absolute Gasteiger partial charge is 0.187 e. The van der Waals surface area contributed by atoms with E-state index in [0.717, 1.165) is 0 Å². The molecule has 0 bridgehead atoms. The Balaban J connectivity index is 1.51. The van der Waals surface area contributed by atoms with Crippen LogP contribution in [-0.4, -0.2) is 250 Å². The lowest BCUT2D eigenvalue weighted by Crippen LogP contribution is -2.69. The van der Waals surface area contributed by atoms with Crippen molar-refractivity contribution in [3.05, 3.63) is 0 Å². The van der Waals surface area contributed by atoms with Crippen LogP contribution in [0.3, 0.4) is 0 Å². The molecule has 24 nitrogen and oxygen atoms in total. The number of aliphatic hydroxyl groups excluding tert-OH is 15. The predicted molar refractivity (Wildman–Crippen MR) is 164 cm³/mol. The summed E-state index contributed by atoms with van der Waals surface area (Å²) in [5.41, 5.74) is 0. The molecule has 0 unspecified atom stereocenters. The molecule has 15 N–H and O–H groups in total. The van der Waals surface area contributed by atoms with Crippen LogP contribution in [0, 0.1) is 0 Å². The van der Waals surface area contributed by atoms with E-state index in [2.05, 4.69) is 0 Å². The first-order valence-electron chi connectivity index (χ1n) is 17.3. The van der Waals surface area contributed by atoms with Crippen molar-refractivity contribution in [1.82, 2.24) is 0 Å². The third-order valence-corrected chi connectivity index (χ3v) is 10.2. The Kier molecular flexibility index (Phi) is 15.0. The normalized spacial score (nSPS) is 54.7. The first kappa shape index (κ1) is 44.1. The summed E-state index contributed by atoms with van der Waals surface area (Å²) in [4.78, 5) is 0. The molecule has 5 rings (SSSR count). The van der Waals surface area contributed by atoms with Gasteiger partial charge in [-0.2, -0.15) is 0 Å². The Hall–Kier alpha value is -0.960. The van der Waals surface area contributed by atoms with E-state index in [0.29, 0.717) is 0 Å². The van der Waals surface area contributed by atoms with Gasteiger partial charge >= 0.3 is 0 Å². The van der Waals surface area contributed by atoms with Gasteiger partial charge in [-0.3, -0.25) is 0 Å². The average molecular weight is 797 g/mol. The molecule has 25 atom stereocenters. The number of rotatable bonds is 11. The summed E-state index contributed by atoms with van der Waals surface area (Å²) in [6.45, 7) is -0.152. The molecule has 0 amide bonds. The standard InChI is InChI=1S/C30H52O24/c1-6-11(34)15(38)18(41)27(46-6)53-24-21(44)26(45)48-10(5-33)22(24)51-30-25(54-28-19(42)16(39)12(35)7(2)47-28)23(14(37)9(4-32)50-30)52-29-20(43)17(40)13(36)8(3-31)49-29/h6-45H,3-5H2,1-2H3/t6-,7-,8+,9+,10+,11+,12+,13-,14-,15+,16+,17-,18-,19-,20+,21+,22+,23-,24+,25+,26+,27-,28-,29+,30-/m0/s1. The van der Waals surface area contributed by atoms with Crippen LogP contribution in [0.25, 0.3) is 0 Å². The molecule has 5 fully saturated rings. The molecule has 5 heterocycles. The Bertz CT molecular complexity index is 1170. The van der Waals surface area contributed by atoms with Crippen LogP contribution in [0.5, 0.6) is 0 Å². The minimum atomic E-state index is -2.06. The molecular weight excluding hydrogens is 744 g/mol. The van der Waals surface area contributed by atoms with Gasteiger partial charge in [0.25, 0.3) is 0 Å². The summed E-state index contributed by atoms with van der Waals surface area (Å²) in [5.74, 6) is 0. The Morgan fingerprint density at radius 2 is 0.704 bits per heavy atom. The molecular formula is C30H52O24. The van der Waals surface area contributed by atoms with Gasteiger partial charge in [-0.05, 0) is 13.8 Å². The molecule has 0 spiro atoms. The Morgan fingerprint density at radius 1 is 0.333 bits per heavy atom. The maximum atomic E-state index is 11.4. The molecule has 5 aliphatic rings.